The molecule has 600 valence electrons. The molecule has 0 atom stereocenters. The maximum atomic E-state index is 6.70. The normalized spacial score (nSPS) is 11.4. The average molecular weight is 1460 g/mol. The molecular weight excluding hydrogens is 1300 g/mol. The first-order valence-electron chi connectivity index (χ1n) is 45.4. The number of aromatic nitrogens is 3. The van der Waals surface area contributed by atoms with Gasteiger partial charge in [-0.15, -0.1) is 0 Å². The topological polar surface area (TPSA) is 103 Å². The van der Waals surface area contributed by atoms with Gasteiger partial charge in [0, 0.05) is 32.2 Å². The fourth-order valence-electron chi connectivity index (χ4n) is 14.2. The molecule has 1 heterocycles. The Kier molecular flexibility index (Phi) is 59.9. The van der Waals surface area contributed by atoms with E-state index >= 15 is 0 Å². The molecule has 3 N–H and O–H groups in total. The second-order valence-electron chi connectivity index (χ2n) is 31.1. The second kappa shape index (κ2) is 68.2. The molecule has 0 spiro atoms. The summed E-state index contributed by atoms with van der Waals surface area (Å²) in [7, 11) is 0. The SMILES string of the molecule is CCCCCCCCCCCCOc1ccc(N[n+]2c[n+](Nc3ccc(OCCCCCCCCCCCC)c(OCCCCCCCCCCCC)c3)c[n+](Nc3ccc(OCCCCCCCCCCCC)c(OCCCCCCCCCCCC)c3)c2)cc1OCCCCCCCCCCCC. The van der Waals surface area contributed by atoms with Gasteiger partial charge in [0.2, 0.25) is 0 Å². The lowest BCUT2D eigenvalue weighted by Gasteiger charge is -2.14. The van der Waals surface area contributed by atoms with Crippen LogP contribution >= 0.6 is 0 Å². The molecule has 0 bridgehead atoms. The fourth-order valence-corrected chi connectivity index (χ4v) is 14.2. The highest BCUT2D eigenvalue weighted by Gasteiger charge is 2.25. The predicted octanol–water partition coefficient (Wildman–Crippen LogP) is 28.0. The molecule has 0 amide bonds. The molecule has 12 nitrogen and oxygen atoms in total. The number of benzene rings is 3. The largest absolute Gasteiger partial charge is 0.490 e. The van der Waals surface area contributed by atoms with Crippen molar-refractivity contribution in [2.24, 2.45) is 0 Å². The summed E-state index contributed by atoms with van der Waals surface area (Å²) in [6, 6.07) is 18.9. The van der Waals surface area contributed by atoms with E-state index in [9.17, 15) is 0 Å². The molecule has 0 aliphatic carbocycles. The minimum Gasteiger partial charge on any atom is -0.490 e. The third kappa shape index (κ3) is 50.3. The molecule has 12 heteroatoms. The van der Waals surface area contributed by atoms with E-state index in [1.807, 2.05) is 33.0 Å². The summed E-state index contributed by atoms with van der Waals surface area (Å²) in [5, 5.41) is 0. The number of hydrogen-bond donors (Lipinski definition) is 3. The predicted molar refractivity (Wildman–Crippen MR) is 447 cm³/mol. The summed E-state index contributed by atoms with van der Waals surface area (Å²) >= 11 is 0. The molecule has 0 aliphatic heterocycles. The summed E-state index contributed by atoms with van der Waals surface area (Å²) in [5.41, 5.74) is 13.8. The van der Waals surface area contributed by atoms with Crippen LogP contribution in [-0.2, 0) is 0 Å². The Bertz CT molecular complexity index is 2300. The molecule has 0 aliphatic rings. The second-order valence-corrected chi connectivity index (χ2v) is 31.1. The van der Waals surface area contributed by atoms with E-state index in [1.165, 1.54) is 347 Å². The number of nitrogens with zero attached hydrogens (tertiary/aromatic N) is 3. The molecule has 4 aromatic rings. The van der Waals surface area contributed by atoms with Crippen molar-refractivity contribution in [1.29, 1.82) is 0 Å². The molecule has 0 saturated heterocycles. The van der Waals surface area contributed by atoms with Crippen LogP contribution in [0.3, 0.4) is 0 Å². The van der Waals surface area contributed by atoms with Gasteiger partial charge in [-0.05, 0) is 74.9 Å². The van der Waals surface area contributed by atoms with Gasteiger partial charge in [-0.1, -0.05) is 388 Å². The van der Waals surface area contributed by atoms with Crippen LogP contribution in [0, 0.1) is 0 Å². The molecule has 4 rings (SSSR count). The van der Waals surface area contributed by atoms with Crippen LogP contribution < -0.4 is 58.7 Å². The van der Waals surface area contributed by atoms with Gasteiger partial charge in [0.1, 0.15) is 17.1 Å². The summed E-state index contributed by atoms with van der Waals surface area (Å²) < 4.78 is 45.8. The van der Waals surface area contributed by atoms with E-state index in [0.29, 0.717) is 39.6 Å². The zero-order valence-corrected chi connectivity index (χ0v) is 69.4. The number of anilines is 3. The van der Waals surface area contributed by atoms with Crippen molar-refractivity contribution in [3.63, 3.8) is 0 Å². The zero-order valence-electron chi connectivity index (χ0n) is 69.4. The highest BCUT2D eigenvalue weighted by molar-refractivity contribution is 5.55. The van der Waals surface area contributed by atoms with Crippen LogP contribution in [0.5, 0.6) is 34.5 Å². The first-order chi connectivity index (χ1) is 52.0. The Morgan fingerprint density at radius 2 is 0.324 bits per heavy atom. The lowest BCUT2D eigenvalue weighted by atomic mass is 10.1. The summed E-state index contributed by atoms with van der Waals surface area (Å²) in [4.78, 5) is 0. The van der Waals surface area contributed by atoms with Crippen molar-refractivity contribution in [3.8, 4) is 34.5 Å². The lowest BCUT2D eigenvalue weighted by Crippen LogP contribution is -2.64. The highest BCUT2D eigenvalue weighted by atomic mass is 16.5. The van der Waals surface area contributed by atoms with Gasteiger partial charge >= 0.3 is 19.0 Å². The average Bonchev–Trinajstić information content (AvgIpc) is 0.828. The van der Waals surface area contributed by atoms with E-state index < -0.39 is 0 Å². The van der Waals surface area contributed by atoms with Crippen molar-refractivity contribution in [1.82, 2.24) is 0 Å². The molecule has 0 fully saturated rings. The Hall–Kier alpha value is -5.13. The van der Waals surface area contributed by atoms with Gasteiger partial charge < -0.3 is 28.4 Å². The Morgan fingerprint density at radius 1 is 0.181 bits per heavy atom. The zero-order chi connectivity index (χ0) is 74.4. The smallest absolute Gasteiger partial charge is 0.474 e. The van der Waals surface area contributed by atoms with Gasteiger partial charge in [-0.25, -0.2) is 0 Å². The molecule has 0 saturated carbocycles. The monoisotopic (exact) mass is 1460 g/mol. The van der Waals surface area contributed by atoms with Crippen molar-refractivity contribution < 1.29 is 42.4 Å². The summed E-state index contributed by atoms with van der Waals surface area (Å²) in [6.07, 6.45) is 83.4. The summed E-state index contributed by atoms with van der Waals surface area (Å²) in [6.45, 7) is 17.8. The van der Waals surface area contributed by atoms with Crippen LogP contribution in [0.2, 0.25) is 0 Å². The highest BCUT2D eigenvalue weighted by Crippen LogP contribution is 2.34. The summed E-state index contributed by atoms with van der Waals surface area (Å²) in [5.74, 6) is 4.74. The number of hydrogen-bond acceptors (Lipinski definition) is 9. The number of nitrogens with one attached hydrogen (secondary N) is 3. The minimum absolute atomic E-state index is 0.656. The number of unbranched alkanes of at least 4 members (excludes halogenated alkanes) is 54. The lowest BCUT2D eigenvalue weighted by molar-refractivity contribution is -0.898. The third-order valence-corrected chi connectivity index (χ3v) is 20.9. The van der Waals surface area contributed by atoms with E-state index in [1.54, 1.807) is 0 Å². The third-order valence-electron chi connectivity index (χ3n) is 20.9. The fraction of sp³-hybridized carbons (Fsp3) is 0.774. The Labute approximate surface area is 646 Å². The van der Waals surface area contributed by atoms with E-state index in [4.69, 9.17) is 28.4 Å². The van der Waals surface area contributed by atoms with Crippen LogP contribution in [0.25, 0.3) is 0 Å². The van der Waals surface area contributed by atoms with Gasteiger partial charge in [0.25, 0.3) is 0 Å². The molecule has 0 radical (unpaired) electrons. The van der Waals surface area contributed by atoms with Gasteiger partial charge in [0.15, 0.2) is 34.5 Å². The van der Waals surface area contributed by atoms with E-state index in [2.05, 4.69) is 112 Å². The van der Waals surface area contributed by atoms with E-state index in [-0.39, 0.29) is 0 Å². The molecular formula is C93H165N6O6+3. The Morgan fingerprint density at radius 3 is 0.486 bits per heavy atom. The molecule has 3 aromatic carbocycles. The van der Waals surface area contributed by atoms with Crippen LogP contribution in [-0.4, -0.2) is 39.6 Å². The minimum atomic E-state index is 0.656. The van der Waals surface area contributed by atoms with Gasteiger partial charge in [-0.3, -0.25) is 0 Å². The van der Waals surface area contributed by atoms with Crippen LogP contribution in [0.15, 0.2) is 73.6 Å². The number of ether oxygens (including phenoxy) is 6. The standard InChI is InChI=1S/C93H165N6O6/c1-7-13-19-25-31-37-43-49-55-61-73-100-88-70-67-85(79-91(88)103-76-64-58-52-46-40-34-28-22-16-10-4)94-97-82-98(95-86-68-71-89(101-74-62-56-50-44-38-32-26-20-14-8-2)92(80-86)104-77-65-59-53-47-41-35-29-23-17-11-5)84-99(83-97)96-87-69-72-90(102-75-63-57-51-45-39-33-27-21-15-9-3)93(81-87)105-78-66-60-54-48-42-36-30-24-18-12-6/h67-72,79-84,94-96H,7-66,73-78H2,1-6H3/q+3. The van der Waals surface area contributed by atoms with Crippen LogP contribution in [0.4, 0.5) is 17.1 Å². The van der Waals surface area contributed by atoms with Crippen molar-refractivity contribution in [2.45, 2.75) is 427 Å². The number of rotatable bonds is 78. The maximum Gasteiger partial charge on any atom is 0.474 e. The molecule has 1 aromatic heterocycles. The Balaban J connectivity index is 1.63. The van der Waals surface area contributed by atoms with Crippen LogP contribution in [0.1, 0.15) is 427 Å². The maximum absolute atomic E-state index is 6.70. The van der Waals surface area contributed by atoms with Gasteiger partial charge in [0.05, 0.1) is 39.6 Å². The quantitative estimate of drug-likeness (QED) is 0.0295. The molecule has 0 unspecified atom stereocenters. The first kappa shape index (κ1) is 92.3. The van der Waals surface area contributed by atoms with Crippen molar-refractivity contribution in [2.75, 3.05) is 55.9 Å². The van der Waals surface area contributed by atoms with Gasteiger partial charge in [-0.2, -0.15) is 16.3 Å². The molecule has 105 heavy (non-hydrogen) atoms. The van der Waals surface area contributed by atoms with E-state index in [0.717, 1.165) is 90.1 Å². The van der Waals surface area contributed by atoms with Crippen molar-refractivity contribution >= 4 is 17.1 Å². The van der Waals surface area contributed by atoms with Crippen molar-refractivity contribution in [3.05, 3.63) is 73.6 Å². The first-order valence-corrected chi connectivity index (χ1v) is 45.4.